The number of ether oxygens (including phenoxy) is 2. The van der Waals surface area contributed by atoms with Gasteiger partial charge < -0.3 is 14.6 Å². The summed E-state index contributed by atoms with van der Waals surface area (Å²) in [7, 11) is 0. The monoisotopic (exact) mass is 387 g/mol. The van der Waals surface area contributed by atoms with Crippen molar-refractivity contribution in [2.24, 2.45) is 0 Å². The van der Waals surface area contributed by atoms with Crippen molar-refractivity contribution in [2.75, 3.05) is 19.8 Å². The molecule has 27 heavy (non-hydrogen) atoms. The summed E-state index contributed by atoms with van der Waals surface area (Å²) in [6, 6.07) is 0. The van der Waals surface area contributed by atoms with Gasteiger partial charge in [-0.15, -0.1) is 0 Å². The van der Waals surface area contributed by atoms with E-state index in [1.165, 1.54) is 51.4 Å². The zero-order valence-electron chi connectivity index (χ0n) is 17.7. The van der Waals surface area contributed by atoms with Crippen molar-refractivity contribution in [1.82, 2.24) is 4.90 Å². The summed E-state index contributed by atoms with van der Waals surface area (Å²) in [5, 5.41) is 10.2. The number of nitrogens with zero attached hydrogens (tertiary/aromatic N) is 1. The molecule has 0 fully saturated rings. The molecule has 1 N–H and O–H groups in total. The van der Waals surface area contributed by atoms with Crippen LogP contribution in [0.1, 0.15) is 97.8 Å². The number of carbonyl (C=O) groups is 2. The Morgan fingerprint density at radius 3 is 1.70 bits per heavy atom. The van der Waals surface area contributed by atoms with Gasteiger partial charge in [0.05, 0.1) is 0 Å². The number of hydrogen-bond donors (Lipinski definition) is 1. The maximum atomic E-state index is 12.2. The molecule has 0 radical (unpaired) electrons. The van der Waals surface area contributed by atoms with Crippen molar-refractivity contribution in [2.45, 2.75) is 104 Å². The van der Waals surface area contributed by atoms with Crippen molar-refractivity contribution in [3.8, 4) is 0 Å². The Morgan fingerprint density at radius 2 is 1.30 bits per heavy atom. The van der Waals surface area contributed by atoms with Crippen LogP contribution in [0.15, 0.2) is 0 Å². The average molecular weight is 388 g/mol. The molecule has 0 spiro atoms. The Hall–Kier alpha value is -0.980. The second-order valence-corrected chi connectivity index (χ2v) is 6.99. The largest absolute Gasteiger partial charge is 0.342 e. The zero-order valence-corrected chi connectivity index (χ0v) is 17.7. The third-order valence-corrected chi connectivity index (χ3v) is 4.55. The highest BCUT2D eigenvalue weighted by molar-refractivity contribution is 5.86. The lowest BCUT2D eigenvalue weighted by Crippen LogP contribution is -2.49. The Balaban J connectivity index is 3.89. The van der Waals surface area contributed by atoms with E-state index in [1.807, 2.05) is 0 Å². The summed E-state index contributed by atoms with van der Waals surface area (Å²) >= 11 is 0. The van der Waals surface area contributed by atoms with E-state index in [1.54, 1.807) is 13.8 Å². The second kappa shape index (κ2) is 17.1. The van der Waals surface area contributed by atoms with Crippen LogP contribution in [-0.2, 0) is 19.1 Å². The maximum Gasteiger partial charge on any atom is 0.299 e. The standard InChI is InChI=1S/C21H41NO5/c1-4-7-8-9-10-11-12-13-14-15-16-17-20(24)22(19-23)18-21(25,26-5-2)27-6-3/h19,25H,4-18H2,1-3H3. The van der Waals surface area contributed by atoms with E-state index in [-0.39, 0.29) is 25.7 Å². The predicted molar refractivity (Wildman–Crippen MR) is 107 cm³/mol. The van der Waals surface area contributed by atoms with Gasteiger partial charge in [0.15, 0.2) is 0 Å². The lowest BCUT2D eigenvalue weighted by molar-refractivity contribution is -0.358. The summed E-state index contributed by atoms with van der Waals surface area (Å²) in [4.78, 5) is 24.4. The molecule has 0 aliphatic carbocycles. The number of amides is 2. The molecule has 0 aromatic heterocycles. The summed E-state index contributed by atoms with van der Waals surface area (Å²) in [5.41, 5.74) is 0. The lowest BCUT2D eigenvalue weighted by atomic mass is 10.1. The molecule has 0 rings (SSSR count). The van der Waals surface area contributed by atoms with Crippen molar-refractivity contribution >= 4 is 12.3 Å². The van der Waals surface area contributed by atoms with Gasteiger partial charge in [-0.3, -0.25) is 14.5 Å². The Kier molecular flexibility index (Phi) is 16.5. The maximum absolute atomic E-state index is 12.2. The van der Waals surface area contributed by atoms with Gasteiger partial charge in [0.2, 0.25) is 12.3 Å². The van der Waals surface area contributed by atoms with Crippen LogP contribution in [0.2, 0.25) is 0 Å². The topological polar surface area (TPSA) is 76.1 Å². The van der Waals surface area contributed by atoms with E-state index < -0.39 is 5.97 Å². The Labute approximate surface area is 165 Å². The molecular formula is C21H41NO5. The van der Waals surface area contributed by atoms with Crippen molar-refractivity contribution in [3.05, 3.63) is 0 Å². The van der Waals surface area contributed by atoms with Gasteiger partial charge in [0, 0.05) is 19.6 Å². The molecule has 0 saturated carbocycles. The van der Waals surface area contributed by atoms with E-state index in [0.717, 1.165) is 24.2 Å². The van der Waals surface area contributed by atoms with Gasteiger partial charge in [-0.1, -0.05) is 71.1 Å². The smallest absolute Gasteiger partial charge is 0.299 e. The van der Waals surface area contributed by atoms with Crippen LogP contribution in [-0.4, -0.2) is 48.1 Å². The fourth-order valence-electron chi connectivity index (χ4n) is 3.07. The molecule has 6 heteroatoms. The van der Waals surface area contributed by atoms with Crippen LogP contribution < -0.4 is 0 Å². The van der Waals surface area contributed by atoms with Crippen LogP contribution in [0.5, 0.6) is 0 Å². The molecule has 0 bridgehead atoms. The van der Waals surface area contributed by atoms with E-state index in [0.29, 0.717) is 12.8 Å². The SMILES string of the molecule is CCCCCCCCCCCCCC(=O)N(C=O)CC(O)(OCC)OCC. The summed E-state index contributed by atoms with van der Waals surface area (Å²) < 4.78 is 10.3. The van der Waals surface area contributed by atoms with Gasteiger partial charge >= 0.3 is 0 Å². The highest BCUT2D eigenvalue weighted by Gasteiger charge is 2.33. The molecule has 2 amide bonds. The highest BCUT2D eigenvalue weighted by atomic mass is 16.8. The van der Waals surface area contributed by atoms with Crippen LogP contribution >= 0.6 is 0 Å². The fourth-order valence-corrected chi connectivity index (χ4v) is 3.07. The average Bonchev–Trinajstić information content (AvgIpc) is 2.64. The second-order valence-electron chi connectivity index (χ2n) is 6.99. The predicted octanol–water partition coefficient (Wildman–Crippen LogP) is 4.39. The number of imide groups is 1. The molecule has 0 heterocycles. The molecule has 0 saturated heterocycles. The van der Waals surface area contributed by atoms with Gasteiger partial charge in [0.25, 0.3) is 5.97 Å². The first-order valence-electron chi connectivity index (χ1n) is 10.8. The summed E-state index contributed by atoms with van der Waals surface area (Å²) in [5.74, 6) is -2.24. The first-order valence-corrected chi connectivity index (χ1v) is 10.8. The summed E-state index contributed by atoms with van der Waals surface area (Å²) in [6.07, 6.45) is 14.0. The first-order chi connectivity index (χ1) is 13.0. The van der Waals surface area contributed by atoms with Crippen LogP contribution in [0.25, 0.3) is 0 Å². The third-order valence-electron chi connectivity index (χ3n) is 4.55. The molecule has 0 aromatic carbocycles. The van der Waals surface area contributed by atoms with Crippen LogP contribution in [0.4, 0.5) is 0 Å². The molecular weight excluding hydrogens is 346 g/mol. The molecule has 0 aliphatic rings. The zero-order chi connectivity index (χ0) is 20.4. The molecule has 160 valence electrons. The van der Waals surface area contributed by atoms with Crippen molar-refractivity contribution in [3.63, 3.8) is 0 Å². The van der Waals surface area contributed by atoms with E-state index in [9.17, 15) is 14.7 Å². The normalized spacial score (nSPS) is 11.6. The lowest BCUT2D eigenvalue weighted by Gasteiger charge is -2.30. The highest BCUT2D eigenvalue weighted by Crippen LogP contribution is 2.14. The molecule has 0 atom stereocenters. The van der Waals surface area contributed by atoms with E-state index in [4.69, 9.17) is 9.47 Å². The number of rotatable bonds is 19. The Morgan fingerprint density at radius 1 is 0.852 bits per heavy atom. The van der Waals surface area contributed by atoms with Gasteiger partial charge in [-0.05, 0) is 20.3 Å². The third kappa shape index (κ3) is 13.8. The minimum atomic E-state index is -1.93. The van der Waals surface area contributed by atoms with Crippen molar-refractivity contribution < 1.29 is 24.2 Å². The number of carbonyl (C=O) groups excluding carboxylic acids is 2. The van der Waals surface area contributed by atoms with Crippen LogP contribution in [0, 0.1) is 0 Å². The van der Waals surface area contributed by atoms with Gasteiger partial charge in [-0.2, -0.15) is 0 Å². The van der Waals surface area contributed by atoms with Gasteiger partial charge in [0.1, 0.15) is 6.54 Å². The number of aliphatic hydroxyl groups is 1. The number of unbranched alkanes of at least 4 members (excludes halogenated alkanes) is 10. The summed E-state index contributed by atoms with van der Waals surface area (Å²) in [6.45, 7) is 5.78. The molecule has 6 nitrogen and oxygen atoms in total. The van der Waals surface area contributed by atoms with Gasteiger partial charge in [-0.25, -0.2) is 0 Å². The van der Waals surface area contributed by atoms with E-state index >= 15 is 0 Å². The first kappa shape index (κ1) is 26.0. The van der Waals surface area contributed by atoms with E-state index in [2.05, 4.69) is 6.92 Å². The Bertz CT molecular complexity index is 370. The molecule has 0 unspecified atom stereocenters. The molecule has 0 aliphatic heterocycles. The minimum Gasteiger partial charge on any atom is -0.342 e. The molecule has 0 aromatic rings. The van der Waals surface area contributed by atoms with Crippen LogP contribution in [0.3, 0.4) is 0 Å². The quantitative estimate of drug-likeness (QED) is 0.202. The number of hydrogen-bond acceptors (Lipinski definition) is 5. The van der Waals surface area contributed by atoms with Crippen molar-refractivity contribution in [1.29, 1.82) is 0 Å². The fraction of sp³-hybridized carbons (Fsp3) is 0.905. The minimum absolute atomic E-state index is 0.218.